The fourth-order valence-electron chi connectivity index (χ4n) is 4.19. The summed E-state index contributed by atoms with van der Waals surface area (Å²) >= 11 is 0. The Kier molecular flexibility index (Phi) is 4.15. The number of carbonyl (C=O) groups excluding carboxylic acids is 2. The number of hydrogen-bond donors (Lipinski definition) is 1. The highest BCUT2D eigenvalue weighted by Gasteiger charge is 2.49. The Morgan fingerprint density at radius 1 is 1.17 bits per heavy atom. The summed E-state index contributed by atoms with van der Waals surface area (Å²) in [6, 6.07) is 10.5. The van der Waals surface area contributed by atoms with Crippen molar-refractivity contribution in [1.29, 1.82) is 0 Å². The molecule has 0 unspecified atom stereocenters. The first-order valence-corrected chi connectivity index (χ1v) is 8.25. The first-order valence-electron chi connectivity index (χ1n) is 8.25. The Hall–Kier alpha value is -1.88. The molecule has 1 N–H and O–H groups in total. The average Bonchev–Trinajstić information content (AvgIpc) is 2.85. The summed E-state index contributed by atoms with van der Waals surface area (Å²) in [4.78, 5) is 26.7. The molecule has 2 aliphatic rings. The first-order chi connectivity index (χ1) is 11.0. The molecule has 1 heterocycles. The van der Waals surface area contributed by atoms with E-state index in [1.54, 1.807) is 4.90 Å². The molecule has 1 aliphatic carbocycles. The quantitative estimate of drug-likeness (QED) is 0.865. The zero-order valence-corrected chi connectivity index (χ0v) is 13.9. The highest BCUT2D eigenvalue weighted by atomic mass is 16.2. The number of benzene rings is 1. The summed E-state index contributed by atoms with van der Waals surface area (Å²) in [6.45, 7) is 0.827. The van der Waals surface area contributed by atoms with E-state index in [1.807, 2.05) is 6.07 Å². The topological polar surface area (TPSA) is 52.7 Å². The van der Waals surface area contributed by atoms with Crippen LogP contribution in [0.3, 0.4) is 0 Å². The minimum Gasteiger partial charge on any atom is -0.331 e. The Bertz CT molecular complexity index is 577. The van der Waals surface area contributed by atoms with Crippen LogP contribution in [0.25, 0.3) is 0 Å². The van der Waals surface area contributed by atoms with Crippen LogP contribution in [0.2, 0.25) is 0 Å². The second-order valence-electron chi connectivity index (χ2n) is 7.05. The number of amides is 2. The van der Waals surface area contributed by atoms with Gasteiger partial charge in [0.25, 0.3) is 0 Å². The molecule has 1 saturated heterocycles. The number of rotatable bonds is 4. The molecule has 5 heteroatoms. The maximum atomic E-state index is 12.0. The van der Waals surface area contributed by atoms with Crippen LogP contribution >= 0.6 is 0 Å². The number of nitrogens with zero attached hydrogens (tertiary/aromatic N) is 2. The highest BCUT2D eigenvalue weighted by molar-refractivity contribution is 5.80. The molecule has 0 atom stereocenters. The minimum absolute atomic E-state index is 0.0231. The number of carbonyl (C=O) groups is 2. The SMILES string of the molecule is CN(C)C1(c2ccccc2)CCC2(CC1)CN(CC=O)C(=O)N2. The van der Waals surface area contributed by atoms with Crippen LogP contribution in [0.5, 0.6) is 0 Å². The first kappa shape index (κ1) is 16.0. The van der Waals surface area contributed by atoms with Gasteiger partial charge in [0.15, 0.2) is 0 Å². The lowest BCUT2D eigenvalue weighted by atomic mass is 9.69. The molecule has 3 rings (SSSR count). The summed E-state index contributed by atoms with van der Waals surface area (Å²) in [6.07, 6.45) is 4.66. The summed E-state index contributed by atoms with van der Waals surface area (Å²) < 4.78 is 0. The number of nitrogens with one attached hydrogen (secondary N) is 1. The van der Waals surface area contributed by atoms with E-state index in [0.717, 1.165) is 32.0 Å². The normalized spacial score (nSPS) is 30.7. The molecule has 1 saturated carbocycles. The van der Waals surface area contributed by atoms with Gasteiger partial charge in [-0.15, -0.1) is 0 Å². The van der Waals surface area contributed by atoms with Gasteiger partial charge in [-0.3, -0.25) is 4.90 Å². The molecular formula is C18H25N3O2. The summed E-state index contributed by atoms with van der Waals surface area (Å²) in [5.41, 5.74) is 1.19. The molecule has 1 spiro atoms. The minimum atomic E-state index is -0.172. The van der Waals surface area contributed by atoms with Gasteiger partial charge in [0.1, 0.15) is 6.29 Å². The van der Waals surface area contributed by atoms with Crippen molar-refractivity contribution in [2.75, 3.05) is 27.2 Å². The summed E-state index contributed by atoms with van der Waals surface area (Å²) in [7, 11) is 4.27. The second-order valence-corrected chi connectivity index (χ2v) is 7.05. The zero-order valence-electron chi connectivity index (χ0n) is 13.9. The maximum Gasteiger partial charge on any atom is 0.318 e. The van der Waals surface area contributed by atoms with E-state index in [1.165, 1.54) is 5.56 Å². The molecule has 23 heavy (non-hydrogen) atoms. The molecule has 0 bridgehead atoms. The van der Waals surface area contributed by atoms with Crippen molar-refractivity contribution in [3.63, 3.8) is 0 Å². The third-order valence-electron chi connectivity index (χ3n) is 5.65. The molecule has 0 aromatic heterocycles. The third kappa shape index (κ3) is 2.74. The van der Waals surface area contributed by atoms with Gasteiger partial charge in [-0.2, -0.15) is 0 Å². The second kappa shape index (κ2) is 5.96. The molecule has 0 radical (unpaired) electrons. The predicted octanol–water partition coefficient (Wildman–Crippen LogP) is 1.98. The van der Waals surface area contributed by atoms with Crippen LogP contribution in [0.15, 0.2) is 30.3 Å². The largest absolute Gasteiger partial charge is 0.331 e. The van der Waals surface area contributed by atoms with Crippen LogP contribution < -0.4 is 5.32 Å². The van der Waals surface area contributed by atoms with E-state index in [9.17, 15) is 9.59 Å². The molecule has 2 fully saturated rings. The van der Waals surface area contributed by atoms with Crippen LogP contribution in [-0.4, -0.2) is 54.8 Å². The van der Waals surface area contributed by atoms with Crippen LogP contribution in [0, 0.1) is 0 Å². The Morgan fingerprint density at radius 3 is 2.39 bits per heavy atom. The van der Waals surface area contributed by atoms with Crippen molar-refractivity contribution in [2.24, 2.45) is 0 Å². The van der Waals surface area contributed by atoms with Crippen molar-refractivity contribution < 1.29 is 9.59 Å². The van der Waals surface area contributed by atoms with E-state index in [4.69, 9.17) is 0 Å². The summed E-state index contributed by atoms with van der Waals surface area (Å²) in [5, 5.41) is 3.14. The monoisotopic (exact) mass is 315 g/mol. The third-order valence-corrected chi connectivity index (χ3v) is 5.65. The van der Waals surface area contributed by atoms with Crippen LogP contribution in [0.1, 0.15) is 31.2 Å². The van der Waals surface area contributed by atoms with Crippen molar-refractivity contribution in [3.8, 4) is 0 Å². The molecule has 5 nitrogen and oxygen atoms in total. The van der Waals surface area contributed by atoms with Crippen LogP contribution in [0.4, 0.5) is 4.79 Å². The molecule has 1 aromatic carbocycles. The lowest BCUT2D eigenvalue weighted by molar-refractivity contribution is -0.108. The number of hydrogen-bond acceptors (Lipinski definition) is 3. The highest BCUT2D eigenvalue weighted by Crippen LogP contribution is 2.45. The molecule has 1 aliphatic heterocycles. The molecule has 2 amide bonds. The lowest BCUT2D eigenvalue weighted by Gasteiger charge is -2.48. The van der Waals surface area contributed by atoms with Gasteiger partial charge in [-0.05, 0) is 45.3 Å². The van der Waals surface area contributed by atoms with Crippen LogP contribution in [-0.2, 0) is 10.3 Å². The van der Waals surface area contributed by atoms with Gasteiger partial charge in [-0.25, -0.2) is 4.79 Å². The van der Waals surface area contributed by atoms with Crippen molar-refractivity contribution in [2.45, 2.75) is 36.8 Å². The van der Waals surface area contributed by atoms with Gasteiger partial charge in [0.2, 0.25) is 0 Å². The smallest absolute Gasteiger partial charge is 0.318 e. The standard InChI is InChI=1S/C18H25N3O2/c1-20(2)18(15-6-4-3-5-7-15)10-8-17(9-11-18)14-21(12-13-22)16(23)19-17/h3-7,13H,8-12,14H2,1-2H3,(H,19,23). The predicted molar refractivity (Wildman–Crippen MR) is 89.2 cm³/mol. The van der Waals surface area contributed by atoms with E-state index >= 15 is 0 Å². The zero-order chi connectivity index (χ0) is 16.5. The Morgan fingerprint density at radius 2 is 1.83 bits per heavy atom. The van der Waals surface area contributed by atoms with Gasteiger partial charge >= 0.3 is 6.03 Å². The Labute approximate surface area is 137 Å². The van der Waals surface area contributed by atoms with Crippen molar-refractivity contribution >= 4 is 12.3 Å². The summed E-state index contributed by atoms with van der Waals surface area (Å²) in [5.74, 6) is 0. The number of urea groups is 1. The Balaban J connectivity index is 1.79. The number of aldehydes is 1. The average molecular weight is 315 g/mol. The van der Waals surface area contributed by atoms with Gasteiger partial charge in [0.05, 0.1) is 12.1 Å². The van der Waals surface area contributed by atoms with E-state index < -0.39 is 0 Å². The molecular weight excluding hydrogens is 290 g/mol. The maximum absolute atomic E-state index is 12.0. The fraction of sp³-hybridized carbons (Fsp3) is 0.556. The fourth-order valence-corrected chi connectivity index (χ4v) is 4.19. The van der Waals surface area contributed by atoms with Gasteiger partial charge in [-0.1, -0.05) is 30.3 Å². The van der Waals surface area contributed by atoms with E-state index in [0.29, 0.717) is 6.54 Å². The lowest BCUT2D eigenvalue weighted by Crippen LogP contribution is -2.54. The van der Waals surface area contributed by atoms with Crippen molar-refractivity contribution in [3.05, 3.63) is 35.9 Å². The molecule has 1 aromatic rings. The van der Waals surface area contributed by atoms with Crippen molar-refractivity contribution in [1.82, 2.24) is 15.1 Å². The van der Waals surface area contributed by atoms with Gasteiger partial charge in [0, 0.05) is 12.1 Å². The van der Waals surface area contributed by atoms with E-state index in [2.05, 4.69) is 48.6 Å². The molecule has 124 valence electrons. The van der Waals surface area contributed by atoms with Gasteiger partial charge < -0.3 is 15.0 Å². The van der Waals surface area contributed by atoms with E-state index in [-0.39, 0.29) is 23.7 Å².